The van der Waals surface area contributed by atoms with Gasteiger partial charge in [0.05, 0.1) is 0 Å². The predicted molar refractivity (Wildman–Crippen MR) is 124 cm³/mol. The van der Waals surface area contributed by atoms with Crippen LogP contribution < -0.4 is 10.6 Å². The second-order valence-corrected chi connectivity index (χ2v) is 10.3. The topological polar surface area (TPSA) is 108 Å². The zero-order chi connectivity index (χ0) is 23.0. The standard InChI is InChI=1S/C24H26N4O4S/c29-23(17-7-4-8-17)26-18-9-3-6-16(14-18)15-25-24(30)20-11-5-13-28(20)22-19-10-1-2-12-21(19)33(31,32)27-22/h1-3,6,9-10,12,14,17,20H,4-5,7-8,11,13,15H2,(H,25,30)(H,26,29)/t20-/m0/s1. The number of nitrogens with zero attached hydrogens (tertiary/aromatic N) is 2. The molecule has 172 valence electrons. The van der Waals surface area contributed by atoms with E-state index in [9.17, 15) is 18.0 Å². The number of rotatable bonds is 5. The van der Waals surface area contributed by atoms with E-state index in [0.717, 1.165) is 36.9 Å². The first kappa shape index (κ1) is 21.6. The van der Waals surface area contributed by atoms with Crippen LogP contribution in [0.5, 0.6) is 0 Å². The first-order chi connectivity index (χ1) is 15.9. The molecule has 0 radical (unpaired) electrons. The van der Waals surface area contributed by atoms with Crippen LogP contribution in [0.1, 0.15) is 43.2 Å². The van der Waals surface area contributed by atoms with Crippen molar-refractivity contribution in [1.82, 2.24) is 10.2 Å². The monoisotopic (exact) mass is 466 g/mol. The minimum absolute atomic E-state index is 0.0524. The predicted octanol–water partition coefficient (Wildman–Crippen LogP) is 2.65. The van der Waals surface area contributed by atoms with Crippen LogP contribution in [-0.4, -0.2) is 43.6 Å². The second kappa shape index (κ2) is 8.62. The smallest absolute Gasteiger partial charge is 0.285 e. The molecule has 1 atom stereocenters. The molecule has 2 fully saturated rings. The second-order valence-electron chi connectivity index (χ2n) is 8.77. The number of fused-ring (bicyclic) bond motifs is 1. The Morgan fingerprint density at radius 2 is 1.82 bits per heavy atom. The number of benzene rings is 2. The van der Waals surface area contributed by atoms with Gasteiger partial charge in [0.1, 0.15) is 10.9 Å². The Hall–Kier alpha value is -3.20. The summed E-state index contributed by atoms with van der Waals surface area (Å²) in [6, 6.07) is 13.7. The molecule has 0 spiro atoms. The van der Waals surface area contributed by atoms with Crippen molar-refractivity contribution in [3.63, 3.8) is 0 Å². The van der Waals surface area contributed by atoms with Crippen LogP contribution in [0.3, 0.4) is 0 Å². The maximum absolute atomic E-state index is 13.0. The summed E-state index contributed by atoms with van der Waals surface area (Å²) in [5.74, 6) is 0.343. The number of carbonyl (C=O) groups excluding carboxylic acids is 2. The van der Waals surface area contributed by atoms with Crippen molar-refractivity contribution >= 4 is 33.4 Å². The Morgan fingerprint density at radius 3 is 2.61 bits per heavy atom. The summed E-state index contributed by atoms with van der Waals surface area (Å²) >= 11 is 0. The van der Waals surface area contributed by atoms with E-state index in [0.29, 0.717) is 30.9 Å². The summed E-state index contributed by atoms with van der Waals surface area (Å²) in [5, 5.41) is 5.92. The van der Waals surface area contributed by atoms with Gasteiger partial charge in [-0.3, -0.25) is 9.59 Å². The molecular weight excluding hydrogens is 440 g/mol. The van der Waals surface area contributed by atoms with Crippen LogP contribution in [0.2, 0.25) is 0 Å². The lowest BCUT2D eigenvalue weighted by Crippen LogP contribution is -2.45. The first-order valence-electron chi connectivity index (χ1n) is 11.3. The minimum Gasteiger partial charge on any atom is -0.350 e. The molecule has 1 saturated heterocycles. The molecule has 2 amide bonds. The molecule has 2 aromatic carbocycles. The van der Waals surface area contributed by atoms with Crippen molar-refractivity contribution in [2.75, 3.05) is 11.9 Å². The van der Waals surface area contributed by atoms with Crippen LogP contribution in [0, 0.1) is 5.92 Å². The zero-order valence-corrected chi connectivity index (χ0v) is 19.0. The third-order valence-electron chi connectivity index (χ3n) is 6.58. The number of hydrogen-bond donors (Lipinski definition) is 2. The fraction of sp³-hybridized carbons (Fsp3) is 0.375. The largest absolute Gasteiger partial charge is 0.350 e. The molecule has 0 unspecified atom stereocenters. The third kappa shape index (κ3) is 4.25. The average Bonchev–Trinajstić information content (AvgIpc) is 3.34. The quantitative estimate of drug-likeness (QED) is 0.704. The molecule has 2 aliphatic heterocycles. The van der Waals surface area contributed by atoms with E-state index in [4.69, 9.17) is 0 Å². The Bertz CT molecular complexity index is 1240. The van der Waals surface area contributed by atoms with Crippen LogP contribution in [0.15, 0.2) is 57.8 Å². The van der Waals surface area contributed by atoms with Gasteiger partial charge in [-0.1, -0.05) is 30.7 Å². The summed E-state index contributed by atoms with van der Waals surface area (Å²) in [6.45, 7) is 0.890. The van der Waals surface area contributed by atoms with E-state index in [-0.39, 0.29) is 22.6 Å². The van der Waals surface area contributed by atoms with Crippen molar-refractivity contribution < 1.29 is 18.0 Å². The fourth-order valence-corrected chi connectivity index (χ4v) is 5.79. The summed E-state index contributed by atoms with van der Waals surface area (Å²) < 4.78 is 28.9. The summed E-state index contributed by atoms with van der Waals surface area (Å²) in [6.07, 6.45) is 4.39. The number of amidine groups is 1. The highest BCUT2D eigenvalue weighted by Gasteiger charge is 2.39. The maximum atomic E-state index is 13.0. The summed E-state index contributed by atoms with van der Waals surface area (Å²) in [4.78, 5) is 27.2. The van der Waals surface area contributed by atoms with E-state index in [1.165, 1.54) is 0 Å². The molecular formula is C24H26N4O4S. The lowest BCUT2D eigenvalue weighted by atomic mass is 9.85. The Kier molecular flexibility index (Phi) is 5.65. The van der Waals surface area contributed by atoms with Gasteiger partial charge in [-0.2, -0.15) is 8.42 Å². The van der Waals surface area contributed by atoms with E-state index >= 15 is 0 Å². The third-order valence-corrected chi connectivity index (χ3v) is 7.90. The van der Waals surface area contributed by atoms with Gasteiger partial charge >= 0.3 is 0 Å². The first-order valence-corrected chi connectivity index (χ1v) is 12.7. The number of hydrogen-bond acceptors (Lipinski definition) is 5. The average molecular weight is 467 g/mol. The van der Waals surface area contributed by atoms with Crippen molar-refractivity contribution in [2.45, 2.75) is 49.6 Å². The van der Waals surface area contributed by atoms with E-state index in [2.05, 4.69) is 15.0 Å². The van der Waals surface area contributed by atoms with Gasteiger partial charge in [0, 0.05) is 30.3 Å². The number of amides is 2. The molecule has 3 aliphatic rings. The molecule has 0 aromatic heterocycles. The lowest BCUT2D eigenvalue weighted by molar-refractivity contribution is -0.124. The zero-order valence-electron chi connectivity index (χ0n) is 18.2. The van der Waals surface area contributed by atoms with E-state index in [1.807, 2.05) is 24.3 Å². The van der Waals surface area contributed by atoms with Crippen molar-refractivity contribution in [3.8, 4) is 0 Å². The lowest BCUT2D eigenvalue weighted by Gasteiger charge is -2.25. The SMILES string of the molecule is O=C(Nc1cccc(CNC(=O)[C@@H]2CCCN2C2=NS(=O)(=O)c3ccccc32)c1)C1CCC1. The Balaban J connectivity index is 1.25. The molecule has 0 bridgehead atoms. The molecule has 1 aliphatic carbocycles. The number of carbonyl (C=O) groups is 2. The molecule has 9 heteroatoms. The van der Waals surface area contributed by atoms with Crippen LogP contribution in [-0.2, 0) is 26.2 Å². The molecule has 1 saturated carbocycles. The highest BCUT2D eigenvalue weighted by atomic mass is 32.2. The van der Waals surface area contributed by atoms with Gasteiger partial charge in [0.2, 0.25) is 11.8 Å². The molecule has 2 heterocycles. The van der Waals surface area contributed by atoms with E-state index in [1.54, 1.807) is 29.2 Å². The van der Waals surface area contributed by atoms with Crippen molar-refractivity contribution in [1.29, 1.82) is 0 Å². The Morgan fingerprint density at radius 1 is 1.00 bits per heavy atom. The Labute approximate surface area is 193 Å². The summed E-state index contributed by atoms with van der Waals surface area (Å²) in [7, 11) is -3.74. The van der Waals surface area contributed by atoms with Gasteiger partial charge in [0.15, 0.2) is 5.84 Å². The molecule has 2 aromatic rings. The van der Waals surface area contributed by atoms with Gasteiger partial charge in [0.25, 0.3) is 10.0 Å². The van der Waals surface area contributed by atoms with Gasteiger partial charge < -0.3 is 15.5 Å². The molecule has 5 rings (SSSR count). The molecule has 33 heavy (non-hydrogen) atoms. The van der Waals surface area contributed by atoms with Gasteiger partial charge in [-0.25, -0.2) is 0 Å². The number of nitrogens with one attached hydrogen (secondary N) is 2. The minimum atomic E-state index is -3.74. The number of likely N-dealkylation sites (tertiary alicyclic amines) is 1. The highest BCUT2D eigenvalue weighted by Crippen LogP contribution is 2.31. The highest BCUT2D eigenvalue weighted by molar-refractivity contribution is 7.90. The summed E-state index contributed by atoms with van der Waals surface area (Å²) in [5.41, 5.74) is 2.15. The van der Waals surface area contributed by atoms with E-state index < -0.39 is 16.1 Å². The van der Waals surface area contributed by atoms with Gasteiger partial charge in [-0.15, -0.1) is 4.40 Å². The number of anilines is 1. The van der Waals surface area contributed by atoms with Crippen LogP contribution in [0.25, 0.3) is 0 Å². The van der Waals surface area contributed by atoms with Crippen LogP contribution in [0.4, 0.5) is 5.69 Å². The maximum Gasteiger partial charge on any atom is 0.285 e. The van der Waals surface area contributed by atoms with Gasteiger partial charge in [-0.05, 0) is 55.5 Å². The normalized spacial score (nSPS) is 21.2. The number of sulfonamides is 1. The van der Waals surface area contributed by atoms with Crippen molar-refractivity contribution in [2.24, 2.45) is 10.3 Å². The molecule has 2 N–H and O–H groups in total. The van der Waals surface area contributed by atoms with Crippen LogP contribution >= 0.6 is 0 Å². The fourth-order valence-electron chi connectivity index (χ4n) is 4.57. The van der Waals surface area contributed by atoms with Crippen molar-refractivity contribution in [3.05, 3.63) is 59.7 Å². The molecule has 8 nitrogen and oxygen atoms in total.